The summed E-state index contributed by atoms with van der Waals surface area (Å²) in [5.41, 5.74) is 8.65. The fraction of sp³-hybridized carbons (Fsp3) is 0.462. The number of rotatable bonds is 3. The van der Waals surface area contributed by atoms with Crippen LogP contribution < -0.4 is 5.73 Å². The zero-order valence-corrected chi connectivity index (χ0v) is 10.0. The third-order valence-electron chi connectivity index (χ3n) is 2.85. The molecule has 0 amide bonds. The van der Waals surface area contributed by atoms with Crippen molar-refractivity contribution in [3.63, 3.8) is 0 Å². The van der Waals surface area contributed by atoms with Crippen molar-refractivity contribution in [3.05, 3.63) is 29.7 Å². The van der Waals surface area contributed by atoms with E-state index in [4.69, 9.17) is 10.2 Å². The third-order valence-corrected chi connectivity index (χ3v) is 2.85. The Kier molecular flexibility index (Phi) is 2.97. The van der Waals surface area contributed by atoms with Gasteiger partial charge in [-0.1, -0.05) is 26.8 Å². The fourth-order valence-corrected chi connectivity index (χ4v) is 1.65. The van der Waals surface area contributed by atoms with E-state index in [-0.39, 0.29) is 0 Å². The van der Waals surface area contributed by atoms with Crippen molar-refractivity contribution < 1.29 is 4.42 Å². The number of benzene rings is 1. The lowest BCUT2D eigenvalue weighted by Gasteiger charge is -2.07. The van der Waals surface area contributed by atoms with Crippen molar-refractivity contribution in [1.29, 1.82) is 0 Å². The van der Waals surface area contributed by atoms with Crippen LogP contribution in [0.2, 0.25) is 0 Å². The van der Waals surface area contributed by atoms with E-state index in [1.54, 1.807) is 0 Å². The highest BCUT2D eigenvalue weighted by molar-refractivity contribution is 5.73. The maximum absolute atomic E-state index is 5.71. The molecule has 86 valence electrons. The summed E-state index contributed by atoms with van der Waals surface area (Å²) < 4.78 is 5.71. The van der Waals surface area contributed by atoms with Gasteiger partial charge in [0.15, 0.2) is 11.5 Å². The Bertz CT molecular complexity index is 488. The van der Waals surface area contributed by atoms with Crippen LogP contribution in [0.4, 0.5) is 0 Å². The topological polar surface area (TPSA) is 52.0 Å². The Morgan fingerprint density at radius 3 is 2.69 bits per heavy atom. The van der Waals surface area contributed by atoms with E-state index in [0.717, 1.165) is 17.0 Å². The standard InChI is InChI=1S/C13H18N2O/c1-8(2)13-15-11-5-4-10(9(3)7-14)6-12(11)16-13/h4-6,8-9H,7,14H2,1-3H3. The summed E-state index contributed by atoms with van der Waals surface area (Å²) in [5.74, 6) is 1.48. The SMILES string of the molecule is CC(C)c1nc2ccc(C(C)CN)cc2o1. The second kappa shape index (κ2) is 4.26. The Morgan fingerprint density at radius 1 is 1.31 bits per heavy atom. The maximum atomic E-state index is 5.71. The first-order valence-electron chi connectivity index (χ1n) is 5.72. The lowest BCUT2D eigenvalue weighted by Crippen LogP contribution is -2.08. The predicted molar refractivity (Wildman–Crippen MR) is 65.6 cm³/mol. The van der Waals surface area contributed by atoms with Gasteiger partial charge in [-0.2, -0.15) is 0 Å². The molecule has 1 unspecified atom stereocenters. The largest absolute Gasteiger partial charge is 0.440 e. The van der Waals surface area contributed by atoms with E-state index in [9.17, 15) is 0 Å². The first-order chi connectivity index (χ1) is 7.61. The Labute approximate surface area is 95.7 Å². The molecule has 0 aliphatic heterocycles. The Balaban J connectivity index is 2.45. The maximum Gasteiger partial charge on any atom is 0.198 e. The van der Waals surface area contributed by atoms with Gasteiger partial charge in [-0.25, -0.2) is 4.98 Å². The molecule has 1 aromatic heterocycles. The number of fused-ring (bicyclic) bond motifs is 1. The zero-order valence-electron chi connectivity index (χ0n) is 10.0. The summed E-state index contributed by atoms with van der Waals surface area (Å²) in [6.45, 7) is 6.92. The smallest absolute Gasteiger partial charge is 0.198 e. The van der Waals surface area contributed by atoms with Gasteiger partial charge in [0.05, 0.1) is 0 Å². The lowest BCUT2D eigenvalue weighted by molar-refractivity contribution is 0.501. The van der Waals surface area contributed by atoms with Crippen molar-refractivity contribution >= 4 is 11.1 Å². The minimum atomic E-state index is 0.322. The molecule has 1 heterocycles. The van der Waals surface area contributed by atoms with Crippen LogP contribution in [0.25, 0.3) is 11.1 Å². The summed E-state index contributed by atoms with van der Waals surface area (Å²) >= 11 is 0. The van der Waals surface area contributed by atoms with Crippen molar-refractivity contribution in [1.82, 2.24) is 4.98 Å². The van der Waals surface area contributed by atoms with E-state index in [2.05, 4.69) is 31.8 Å². The second-order valence-corrected chi connectivity index (χ2v) is 4.57. The first-order valence-corrected chi connectivity index (χ1v) is 5.72. The molecule has 2 N–H and O–H groups in total. The average Bonchev–Trinajstić information content (AvgIpc) is 2.70. The van der Waals surface area contributed by atoms with E-state index in [1.807, 2.05) is 12.1 Å². The van der Waals surface area contributed by atoms with Crippen LogP contribution >= 0.6 is 0 Å². The lowest BCUT2D eigenvalue weighted by atomic mass is 10.0. The third kappa shape index (κ3) is 1.95. The number of nitrogens with zero attached hydrogens (tertiary/aromatic N) is 1. The molecule has 3 heteroatoms. The van der Waals surface area contributed by atoms with Gasteiger partial charge in [0, 0.05) is 5.92 Å². The average molecular weight is 218 g/mol. The molecule has 16 heavy (non-hydrogen) atoms. The highest BCUT2D eigenvalue weighted by Crippen LogP contribution is 2.24. The highest BCUT2D eigenvalue weighted by atomic mass is 16.3. The first kappa shape index (κ1) is 11.1. The van der Waals surface area contributed by atoms with E-state index in [0.29, 0.717) is 18.4 Å². The van der Waals surface area contributed by atoms with Crippen LogP contribution in [0.5, 0.6) is 0 Å². The molecule has 1 atom stereocenters. The van der Waals surface area contributed by atoms with Crippen molar-refractivity contribution in [3.8, 4) is 0 Å². The Hall–Kier alpha value is -1.35. The number of hydrogen-bond acceptors (Lipinski definition) is 3. The van der Waals surface area contributed by atoms with Crippen LogP contribution in [0.1, 0.15) is 44.1 Å². The van der Waals surface area contributed by atoms with Crippen molar-refractivity contribution in [2.45, 2.75) is 32.6 Å². The van der Waals surface area contributed by atoms with Gasteiger partial charge in [-0.05, 0) is 30.2 Å². The molecule has 0 bridgehead atoms. The van der Waals surface area contributed by atoms with E-state index >= 15 is 0 Å². The summed E-state index contributed by atoms with van der Waals surface area (Å²) in [4.78, 5) is 4.44. The monoisotopic (exact) mass is 218 g/mol. The van der Waals surface area contributed by atoms with Crippen LogP contribution in [0.15, 0.2) is 22.6 Å². The van der Waals surface area contributed by atoms with Crippen LogP contribution in [-0.2, 0) is 0 Å². The summed E-state index contributed by atoms with van der Waals surface area (Å²) in [6, 6.07) is 6.13. The van der Waals surface area contributed by atoms with Crippen molar-refractivity contribution in [2.24, 2.45) is 5.73 Å². The molecule has 2 aromatic rings. The molecule has 3 nitrogen and oxygen atoms in total. The fourth-order valence-electron chi connectivity index (χ4n) is 1.65. The van der Waals surface area contributed by atoms with Crippen molar-refractivity contribution in [2.75, 3.05) is 6.54 Å². The molecule has 0 saturated heterocycles. The number of aromatic nitrogens is 1. The number of hydrogen-bond donors (Lipinski definition) is 1. The van der Waals surface area contributed by atoms with Crippen LogP contribution in [-0.4, -0.2) is 11.5 Å². The summed E-state index contributed by atoms with van der Waals surface area (Å²) in [6.07, 6.45) is 0. The van der Waals surface area contributed by atoms with Gasteiger partial charge in [0.1, 0.15) is 5.52 Å². The minimum Gasteiger partial charge on any atom is -0.440 e. The molecular weight excluding hydrogens is 200 g/mol. The zero-order chi connectivity index (χ0) is 11.7. The van der Waals surface area contributed by atoms with Gasteiger partial charge >= 0.3 is 0 Å². The van der Waals surface area contributed by atoms with E-state index < -0.39 is 0 Å². The molecule has 0 saturated carbocycles. The van der Waals surface area contributed by atoms with Gasteiger partial charge in [0.2, 0.25) is 0 Å². The van der Waals surface area contributed by atoms with Gasteiger partial charge in [-0.15, -0.1) is 0 Å². The molecule has 0 fully saturated rings. The highest BCUT2D eigenvalue weighted by Gasteiger charge is 2.11. The Morgan fingerprint density at radius 2 is 2.06 bits per heavy atom. The summed E-state index contributed by atoms with van der Waals surface area (Å²) in [5, 5.41) is 0. The molecule has 0 spiro atoms. The normalized spacial score (nSPS) is 13.6. The molecule has 2 rings (SSSR count). The predicted octanol–water partition coefficient (Wildman–Crippen LogP) is 3.01. The molecular formula is C13H18N2O. The minimum absolute atomic E-state index is 0.322. The van der Waals surface area contributed by atoms with Gasteiger partial charge in [-0.3, -0.25) is 0 Å². The van der Waals surface area contributed by atoms with Crippen LogP contribution in [0.3, 0.4) is 0 Å². The number of nitrogens with two attached hydrogens (primary N) is 1. The van der Waals surface area contributed by atoms with Gasteiger partial charge in [0.25, 0.3) is 0 Å². The second-order valence-electron chi connectivity index (χ2n) is 4.57. The van der Waals surface area contributed by atoms with Crippen LogP contribution in [0, 0.1) is 0 Å². The number of oxazole rings is 1. The molecule has 0 aliphatic carbocycles. The molecule has 0 aliphatic rings. The van der Waals surface area contributed by atoms with E-state index in [1.165, 1.54) is 5.56 Å². The molecule has 1 aromatic carbocycles. The molecule has 0 radical (unpaired) electrons. The van der Waals surface area contributed by atoms with Gasteiger partial charge < -0.3 is 10.2 Å². The quantitative estimate of drug-likeness (QED) is 0.861. The summed E-state index contributed by atoms with van der Waals surface area (Å²) in [7, 11) is 0.